The van der Waals surface area contributed by atoms with Crippen molar-refractivity contribution in [3.8, 4) is 0 Å². The minimum atomic E-state index is -0.0128. The third kappa shape index (κ3) is 4.26. The number of ketones is 1. The zero-order valence-electron chi connectivity index (χ0n) is 10.1. The maximum absolute atomic E-state index is 12.0. The predicted molar refractivity (Wildman–Crippen MR) is 66.1 cm³/mol. The predicted octanol–water partition coefficient (Wildman–Crippen LogP) is 0.464. The number of carbonyl (C=O) groups excluding carboxylic acids is 1. The molecule has 0 amide bonds. The fourth-order valence-electron chi connectivity index (χ4n) is 1.73. The minimum absolute atomic E-state index is 0.0128. The van der Waals surface area contributed by atoms with E-state index in [4.69, 9.17) is 10.2 Å². The molecule has 2 N–H and O–H groups in total. The maximum Gasteiger partial charge on any atom is 0.177 e. The number of aryl methyl sites for hydroxylation is 1. The molecule has 0 bridgehead atoms. The second-order valence-corrected chi connectivity index (χ2v) is 3.96. The van der Waals surface area contributed by atoms with Crippen LogP contribution < -0.4 is 0 Å². The van der Waals surface area contributed by atoms with Crippen LogP contribution in [0, 0.1) is 6.92 Å². The number of aliphatic hydroxyl groups is 2. The van der Waals surface area contributed by atoms with E-state index < -0.39 is 0 Å². The molecule has 4 heteroatoms. The van der Waals surface area contributed by atoms with Crippen LogP contribution in [0.25, 0.3) is 0 Å². The number of carbonyl (C=O) groups is 1. The summed E-state index contributed by atoms with van der Waals surface area (Å²) >= 11 is 0. The highest BCUT2D eigenvalue weighted by molar-refractivity contribution is 5.98. The van der Waals surface area contributed by atoms with Gasteiger partial charge >= 0.3 is 0 Å². The topological polar surface area (TPSA) is 60.8 Å². The van der Waals surface area contributed by atoms with Gasteiger partial charge in [-0.2, -0.15) is 0 Å². The standard InChI is InChI=1S/C13H19NO3/c1-11-4-2-3-5-12(11)13(17)10-14(6-8-15)7-9-16/h2-5,15-16H,6-10H2,1H3. The van der Waals surface area contributed by atoms with E-state index in [1.165, 1.54) is 0 Å². The van der Waals surface area contributed by atoms with Crippen LogP contribution in [0.3, 0.4) is 0 Å². The summed E-state index contributed by atoms with van der Waals surface area (Å²) in [6, 6.07) is 7.43. The Balaban J connectivity index is 2.67. The average Bonchev–Trinajstić information content (AvgIpc) is 2.30. The number of benzene rings is 1. The molecule has 0 aliphatic carbocycles. The Hall–Kier alpha value is -1.23. The lowest BCUT2D eigenvalue weighted by molar-refractivity contribution is 0.0893. The van der Waals surface area contributed by atoms with Gasteiger partial charge in [0.1, 0.15) is 0 Å². The van der Waals surface area contributed by atoms with Crippen molar-refractivity contribution in [2.45, 2.75) is 6.92 Å². The number of aliphatic hydroxyl groups excluding tert-OH is 2. The van der Waals surface area contributed by atoms with Crippen LogP contribution in [-0.2, 0) is 0 Å². The molecule has 1 aromatic rings. The molecular weight excluding hydrogens is 218 g/mol. The molecule has 94 valence electrons. The summed E-state index contributed by atoms with van der Waals surface area (Å²) in [5, 5.41) is 17.7. The first-order valence-corrected chi connectivity index (χ1v) is 5.72. The quantitative estimate of drug-likeness (QED) is 0.677. The van der Waals surface area contributed by atoms with E-state index in [1.54, 1.807) is 11.0 Å². The summed E-state index contributed by atoms with van der Waals surface area (Å²) in [6.45, 7) is 2.90. The average molecular weight is 237 g/mol. The molecule has 0 heterocycles. The zero-order chi connectivity index (χ0) is 12.7. The van der Waals surface area contributed by atoms with Crippen LogP contribution in [0.15, 0.2) is 24.3 Å². The number of hydrogen-bond donors (Lipinski definition) is 2. The molecule has 4 nitrogen and oxygen atoms in total. The molecule has 0 radical (unpaired) electrons. The number of Topliss-reactive ketones (excluding diaryl/α,β-unsaturated/α-hetero) is 1. The molecule has 0 saturated carbocycles. The van der Waals surface area contributed by atoms with Gasteiger partial charge in [0.05, 0.1) is 19.8 Å². The fraction of sp³-hybridized carbons (Fsp3) is 0.462. The van der Waals surface area contributed by atoms with Crippen molar-refractivity contribution in [3.05, 3.63) is 35.4 Å². The van der Waals surface area contributed by atoms with Crippen molar-refractivity contribution in [1.29, 1.82) is 0 Å². The number of hydrogen-bond acceptors (Lipinski definition) is 4. The lowest BCUT2D eigenvalue weighted by atomic mass is 10.0. The van der Waals surface area contributed by atoms with Crippen LogP contribution >= 0.6 is 0 Å². The molecule has 0 unspecified atom stereocenters. The van der Waals surface area contributed by atoms with Crippen LogP contribution in [0.2, 0.25) is 0 Å². The molecule has 17 heavy (non-hydrogen) atoms. The molecule has 0 fully saturated rings. The van der Waals surface area contributed by atoms with E-state index in [0.717, 1.165) is 5.56 Å². The first-order chi connectivity index (χ1) is 8.19. The highest BCUT2D eigenvalue weighted by Crippen LogP contribution is 2.08. The van der Waals surface area contributed by atoms with Crippen molar-refractivity contribution < 1.29 is 15.0 Å². The lowest BCUT2D eigenvalue weighted by Crippen LogP contribution is -2.34. The van der Waals surface area contributed by atoms with Gasteiger partial charge in [0.2, 0.25) is 0 Å². The third-order valence-corrected chi connectivity index (χ3v) is 2.65. The Bertz CT molecular complexity index is 359. The Kier molecular flexibility index (Phi) is 5.83. The molecule has 0 saturated heterocycles. The highest BCUT2D eigenvalue weighted by atomic mass is 16.3. The number of rotatable bonds is 7. The van der Waals surface area contributed by atoms with Gasteiger partial charge in [0, 0.05) is 18.7 Å². The van der Waals surface area contributed by atoms with E-state index in [0.29, 0.717) is 18.7 Å². The number of nitrogens with zero attached hydrogens (tertiary/aromatic N) is 1. The Morgan fingerprint density at radius 3 is 2.29 bits per heavy atom. The Morgan fingerprint density at radius 1 is 1.18 bits per heavy atom. The van der Waals surface area contributed by atoms with Gasteiger partial charge in [0.15, 0.2) is 5.78 Å². The smallest absolute Gasteiger partial charge is 0.177 e. The first-order valence-electron chi connectivity index (χ1n) is 5.72. The van der Waals surface area contributed by atoms with Gasteiger partial charge in [0.25, 0.3) is 0 Å². The molecule has 0 aromatic heterocycles. The largest absolute Gasteiger partial charge is 0.395 e. The molecular formula is C13H19NO3. The van der Waals surface area contributed by atoms with Gasteiger partial charge < -0.3 is 10.2 Å². The summed E-state index contributed by atoms with van der Waals surface area (Å²) in [5.41, 5.74) is 1.65. The molecule has 0 aliphatic rings. The lowest BCUT2D eigenvalue weighted by Gasteiger charge is -2.19. The fourth-order valence-corrected chi connectivity index (χ4v) is 1.73. The molecule has 0 spiro atoms. The van der Waals surface area contributed by atoms with Crippen molar-refractivity contribution in [2.75, 3.05) is 32.8 Å². The normalized spacial score (nSPS) is 10.8. The second-order valence-electron chi connectivity index (χ2n) is 3.96. The maximum atomic E-state index is 12.0. The van der Waals surface area contributed by atoms with Crippen molar-refractivity contribution >= 4 is 5.78 Å². The molecule has 0 atom stereocenters. The zero-order valence-corrected chi connectivity index (χ0v) is 10.1. The second kappa shape index (κ2) is 7.17. The van der Waals surface area contributed by atoms with E-state index in [-0.39, 0.29) is 25.5 Å². The van der Waals surface area contributed by atoms with Crippen molar-refractivity contribution in [2.24, 2.45) is 0 Å². The highest BCUT2D eigenvalue weighted by Gasteiger charge is 2.13. The summed E-state index contributed by atoms with van der Waals surface area (Å²) in [6.07, 6.45) is 0. The van der Waals surface area contributed by atoms with Crippen LogP contribution in [0.5, 0.6) is 0 Å². The molecule has 1 rings (SSSR count). The van der Waals surface area contributed by atoms with Crippen LogP contribution in [0.1, 0.15) is 15.9 Å². The van der Waals surface area contributed by atoms with Gasteiger partial charge in [-0.3, -0.25) is 9.69 Å². The van der Waals surface area contributed by atoms with Gasteiger partial charge in [-0.25, -0.2) is 0 Å². The van der Waals surface area contributed by atoms with Gasteiger partial charge in [-0.15, -0.1) is 0 Å². The van der Waals surface area contributed by atoms with Crippen LogP contribution in [0.4, 0.5) is 0 Å². The van der Waals surface area contributed by atoms with Crippen molar-refractivity contribution in [1.82, 2.24) is 4.90 Å². The SMILES string of the molecule is Cc1ccccc1C(=O)CN(CCO)CCO. The molecule has 0 aliphatic heterocycles. The summed E-state index contributed by atoms with van der Waals surface area (Å²) in [7, 11) is 0. The van der Waals surface area contributed by atoms with E-state index in [2.05, 4.69) is 0 Å². The van der Waals surface area contributed by atoms with E-state index >= 15 is 0 Å². The minimum Gasteiger partial charge on any atom is -0.395 e. The summed E-state index contributed by atoms with van der Waals surface area (Å²) < 4.78 is 0. The third-order valence-electron chi connectivity index (χ3n) is 2.65. The Labute approximate surface area is 101 Å². The molecule has 1 aromatic carbocycles. The van der Waals surface area contributed by atoms with E-state index in [1.807, 2.05) is 25.1 Å². The van der Waals surface area contributed by atoms with Crippen molar-refractivity contribution in [3.63, 3.8) is 0 Å². The summed E-state index contributed by atoms with van der Waals surface area (Å²) in [5.74, 6) is 0.0185. The summed E-state index contributed by atoms with van der Waals surface area (Å²) in [4.78, 5) is 13.8. The monoisotopic (exact) mass is 237 g/mol. The Morgan fingerprint density at radius 2 is 1.76 bits per heavy atom. The van der Waals surface area contributed by atoms with Gasteiger partial charge in [-0.1, -0.05) is 24.3 Å². The van der Waals surface area contributed by atoms with E-state index in [9.17, 15) is 4.79 Å². The van der Waals surface area contributed by atoms with Gasteiger partial charge in [-0.05, 0) is 12.5 Å². The first kappa shape index (κ1) is 13.8. The van der Waals surface area contributed by atoms with Crippen LogP contribution in [-0.4, -0.2) is 53.7 Å².